The van der Waals surface area contributed by atoms with Crippen LogP contribution < -0.4 is 0 Å². The van der Waals surface area contributed by atoms with Gasteiger partial charge in [0.15, 0.2) is 0 Å². The molecule has 1 amide bonds. The molecule has 2 unspecified atom stereocenters. The number of nitrogens with zero attached hydrogens (tertiary/aromatic N) is 1. The zero-order valence-corrected chi connectivity index (χ0v) is 50.7. The highest BCUT2D eigenvalue weighted by atomic mass is 16.6. The van der Waals surface area contributed by atoms with Crippen LogP contribution in [0.1, 0.15) is 287 Å². The number of hydrogen-bond acceptors (Lipinski definition) is 14. The Morgan fingerprint density at radius 2 is 0.558 bits per heavy atom. The first-order valence-electron chi connectivity index (χ1n) is 31.3. The summed E-state index contributed by atoms with van der Waals surface area (Å²) in [6.07, 6.45) is 27.3. The van der Waals surface area contributed by atoms with Crippen molar-refractivity contribution in [2.75, 3.05) is 46.2 Å². The second kappa shape index (κ2) is 55.4. The molecule has 15 heteroatoms. The molecule has 15 nitrogen and oxygen atoms in total. The molecule has 0 spiro atoms. The van der Waals surface area contributed by atoms with Crippen LogP contribution in [0.25, 0.3) is 0 Å². The van der Waals surface area contributed by atoms with E-state index in [-0.39, 0.29) is 84.8 Å². The summed E-state index contributed by atoms with van der Waals surface area (Å²) in [6.45, 7) is 19.8. The van der Waals surface area contributed by atoms with Crippen molar-refractivity contribution in [1.82, 2.24) is 4.90 Å². The Morgan fingerprint density at radius 3 is 0.805 bits per heavy atom. The predicted octanol–water partition coefficient (Wildman–Crippen LogP) is 15.5. The molecule has 0 N–H and O–H groups in total. The summed E-state index contributed by atoms with van der Waals surface area (Å²) in [7, 11) is 0. The minimum absolute atomic E-state index is 0.148. The molecule has 452 valence electrons. The first kappa shape index (κ1) is 75.2. The molecule has 0 aromatic rings. The number of hydrogen-bond donors (Lipinski definition) is 0. The fourth-order valence-corrected chi connectivity index (χ4v) is 8.70. The maximum absolute atomic E-state index is 13.5. The molecule has 1 aliphatic rings. The molecule has 0 aromatic heterocycles. The number of likely N-dealkylation sites (tertiary alicyclic amines) is 1. The van der Waals surface area contributed by atoms with Crippen LogP contribution in [0, 0.1) is 11.8 Å². The van der Waals surface area contributed by atoms with Crippen molar-refractivity contribution >= 4 is 41.9 Å². The molecule has 1 saturated heterocycles. The number of carbonyl (C=O) groups excluding carboxylic acids is 7. The number of unbranched alkanes of at least 4 members (excludes halogenated alkanes) is 21. The van der Waals surface area contributed by atoms with E-state index in [1.54, 1.807) is 0 Å². The Bertz CT molecular complexity index is 1300. The molecular formula is C62H115NO14. The fourth-order valence-electron chi connectivity index (χ4n) is 8.70. The highest BCUT2D eigenvalue weighted by Crippen LogP contribution is 2.28. The Kier molecular flexibility index (Phi) is 54.1. The third-order valence-corrected chi connectivity index (χ3v) is 13.4. The Hall–Kier alpha value is -3.91. The van der Waals surface area contributed by atoms with Gasteiger partial charge in [0.25, 0.3) is 0 Å². The van der Waals surface area contributed by atoms with Crippen molar-refractivity contribution in [2.24, 2.45) is 11.8 Å². The molecule has 0 bridgehead atoms. The van der Waals surface area contributed by atoms with Gasteiger partial charge < -0.3 is 33.2 Å². The number of carbonyl (C=O) groups is 7. The smallest absolute Gasteiger partial charge is 0.410 e. The number of ether oxygens (including phenoxy) is 7. The van der Waals surface area contributed by atoms with Gasteiger partial charge >= 0.3 is 41.9 Å². The SMILES string of the molecule is CC.CCCC.CCCCCCCCOC(=O)CC(CC(=O)OCCCCCCCC)CC(=O)OCC1CCC(COC(=O)CC(CC(=O)OCCCCCCCC)CC(=O)OCCCCCCCC)N1C(=O)OCCC. The van der Waals surface area contributed by atoms with E-state index in [1.165, 1.54) is 43.4 Å². The van der Waals surface area contributed by atoms with Crippen LogP contribution in [0.5, 0.6) is 0 Å². The van der Waals surface area contributed by atoms with Gasteiger partial charge in [-0.1, -0.05) is 204 Å². The van der Waals surface area contributed by atoms with Crippen LogP contribution in [0.15, 0.2) is 0 Å². The maximum atomic E-state index is 13.5. The molecule has 0 saturated carbocycles. The van der Waals surface area contributed by atoms with E-state index in [0.717, 1.165) is 128 Å². The van der Waals surface area contributed by atoms with E-state index in [1.807, 2.05) is 20.8 Å². The number of amides is 1. The van der Waals surface area contributed by atoms with E-state index in [9.17, 15) is 33.6 Å². The van der Waals surface area contributed by atoms with E-state index >= 15 is 0 Å². The molecule has 77 heavy (non-hydrogen) atoms. The first-order valence-corrected chi connectivity index (χ1v) is 31.3. The van der Waals surface area contributed by atoms with Gasteiger partial charge in [-0.2, -0.15) is 0 Å². The van der Waals surface area contributed by atoms with Gasteiger partial charge in [0.2, 0.25) is 0 Å². The maximum Gasteiger partial charge on any atom is 0.410 e. The Morgan fingerprint density at radius 1 is 0.312 bits per heavy atom. The Labute approximate surface area is 469 Å². The molecular weight excluding hydrogens is 983 g/mol. The van der Waals surface area contributed by atoms with Crippen molar-refractivity contribution in [3.63, 3.8) is 0 Å². The highest BCUT2D eigenvalue weighted by Gasteiger charge is 2.40. The first-order chi connectivity index (χ1) is 37.4. The van der Waals surface area contributed by atoms with Gasteiger partial charge in [0.05, 0.1) is 45.1 Å². The molecule has 2 atom stereocenters. The fraction of sp³-hybridized carbons (Fsp3) is 0.887. The summed E-state index contributed by atoms with van der Waals surface area (Å²) < 4.78 is 38.9. The van der Waals surface area contributed by atoms with Gasteiger partial charge in [-0.3, -0.25) is 33.7 Å². The summed E-state index contributed by atoms with van der Waals surface area (Å²) >= 11 is 0. The summed E-state index contributed by atoms with van der Waals surface area (Å²) in [5.74, 6) is -4.64. The van der Waals surface area contributed by atoms with Crippen molar-refractivity contribution in [2.45, 2.75) is 299 Å². The summed E-state index contributed by atoms with van der Waals surface area (Å²) in [6, 6.07) is -1.18. The van der Waals surface area contributed by atoms with Crippen LogP contribution in [0.2, 0.25) is 0 Å². The number of rotatable bonds is 47. The van der Waals surface area contributed by atoms with Crippen molar-refractivity contribution in [3.8, 4) is 0 Å². The monoisotopic (exact) mass is 1100 g/mol. The normalized spacial score (nSPS) is 13.7. The predicted molar refractivity (Wildman–Crippen MR) is 306 cm³/mol. The molecule has 0 radical (unpaired) electrons. The zero-order chi connectivity index (χ0) is 57.6. The van der Waals surface area contributed by atoms with Crippen LogP contribution in [-0.4, -0.2) is 105 Å². The lowest BCUT2D eigenvalue weighted by Gasteiger charge is -2.29. The lowest BCUT2D eigenvalue weighted by Crippen LogP contribution is -2.46. The second-order valence-corrected chi connectivity index (χ2v) is 20.7. The van der Waals surface area contributed by atoms with E-state index in [2.05, 4.69) is 41.5 Å². The summed E-state index contributed by atoms with van der Waals surface area (Å²) in [4.78, 5) is 93.3. The van der Waals surface area contributed by atoms with Crippen LogP contribution in [-0.2, 0) is 61.9 Å². The highest BCUT2D eigenvalue weighted by molar-refractivity contribution is 5.77. The van der Waals surface area contributed by atoms with Crippen molar-refractivity contribution in [3.05, 3.63) is 0 Å². The molecule has 1 rings (SSSR count). The minimum Gasteiger partial charge on any atom is -0.466 e. The topological polar surface area (TPSA) is 187 Å². The Balaban J connectivity index is 0. The molecule has 1 fully saturated rings. The quantitative estimate of drug-likeness (QED) is 0.0318. The third kappa shape index (κ3) is 45.6. The molecule has 1 aliphatic heterocycles. The molecule has 0 aliphatic carbocycles. The standard InChI is InChI=1S/C56H99NO14.C4H10.C2H6/c1-6-11-15-19-23-27-34-65-50(58)38-46(39-51(59)66-35-28-24-20-16-12-7-2)42-54(62)70-44-48-31-32-49(57(48)56(64)69-33-10-5)45-71-55(63)43-47(40-52(60)67-36-29-25-21-17-13-8-3)41-53(61)68-37-30-26-22-18-14-9-4;1-3-4-2;1-2/h46-49H,6-45H2,1-5H3;3-4H2,1-2H3;1-2H3. The van der Waals surface area contributed by atoms with Gasteiger partial charge in [-0.15, -0.1) is 0 Å². The molecule has 0 aromatic carbocycles. The average molecular weight is 1100 g/mol. The summed E-state index contributed by atoms with van der Waals surface area (Å²) in [5.41, 5.74) is 0. The van der Waals surface area contributed by atoms with Gasteiger partial charge in [0, 0.05) is 38.5 Å². The van der Waals surface area contributed by atoms with Crippen molar-refractivity contribution < 1.29 is 66.7 Å². The van der Waals surface area contributed by atoms with Crippen molar-refractivity contribution in [1.29, 1.82) is 0 Å². The van der Waals surface area contributed by atoms with Gasteiger partial charge in [-0.05, 0) is 56.8 Å². The average Bonchev–Trinajstić information content (AvgIpc) is 3.83. The molecule has 1 heterocycles. The van der Waals surface area contributed by atoms with Crippen LogP contribution in [0.3, 0.4) is 0 Å². The summed E-state index contributed by atoms with van der Waals surface area (Å²) in [5, 5.41) is 0. The lowest BCUT2D eigenvalue weighted by atomic mass is 9.97. The van der Waals surface area contributed by atoms with E-state index in [0.29, 0.717) is 19.3 Å². The largest absolute Gasteiger partial charge is 0.466 e. The van der Waals surface area contributed by atoms with Gasteiger partial charge in [-0.25, -0.2) is 4.79 Å². The number of esters is 6. The minimum atomic E-state index is -0.703. The van der Waals surface area contributed by atoms with E-state index in [4.69, 9.17) is 33.2 Å². The zero-order valence-electron chi connectivity index (χ0n) is 50.7. The lowest BCUT2D eigenvalue weighted by molar-refractivity contribution is -0.153. The third-order valence-electron chi connectivity index (χ3n) is 13.4. The van der Waals surface area contributed by atoms with Crippen LogP contribution in [0.4, 0.5) is 4.79 Å². The second-order valence-electron chi connectivity index (χ2n) is 20.7. The van der Waals surface area contributed by atoms with E-state index < -0.39 is 65.8 Å². The van der Waals surface area contributed by atoms with Crippen LogP contribution >= 0.6 is 0 Å². The van der Waals surface area contributed by atoms with Gasteiger partial charge in [0.1, 0.15) is 13.2 Å².